The fourth-order valence-corrected chi connectivity index (χ4v) is 1.64. The number of amides is 1. The van der Waals surface area contributed by atoms with Gasteiger partial charge in [-0.25, -0.2) is 0 Å². The minimum atomic E-state index is -0.0204. The second-order valence-electron chi connectivity index (χ2n) is 4.74. The number of nitrogens with one attached hydrogen (secondary N) is 2. The van der Waals surface area contributed by atoms with E-state index in [1.54, 1.807) is 24.3 Å². The summed E-state index contributed by atoms with van der Waals surface area (Å²) in [6, 6.07) is 9.38. The van der Waals surface area contributed by atoms with Crippen molar-refractivity contribution in [3.05, 3.63) is 24.3 Å². The topological polar surface area (TPSA) is 74.2 Å². The number of anilines is 1. The van der Waals surface area contributed by atoms with Gasteiger partial charge in [-0.1, -0.05) is 19.9 Å². The first-order chi connectivity index (χ1) is 9.61. The number of hydrogen-bond acceptors (Lipinski definition) is 4. The second kappa shape index (κ2) is 8.94. The number of rotatable bonds is 8. The molecule has 0 heterocycles. The van der Waals surface area contributed by atoms with Gasteiger partial charge < -0.3 is 15.4 Å². The molecule has 0 bridgehead atoms. The van der Waals surface area contributed by atoms with Crippen LogP contribution >= 0.6 is 0 Å². The molecule has 20 heavy (non-hydrogen) atoms. The molecule has 5 nitrogen and oxygen atoms in total. The number of ether oxygens (including phenoxy) is 1. The average molecular weight is 275 g/mol. The molecule has 0 aliphatic rings. The first-order valence-corrected chi connectivity index (χ1v) is 6.75. The number of nitriles is 1. The van der Waals surface area contributed by atoms with E-state index in [0.29, 0.717) is 23.9 Å². The van der Waals surface area contributed by atoms with Crippen molar-refractivity contribution in [3.8, 4) is 11.8 Å². The average Bonchev–Trinajstić information content (AvgIpc) is 2.41. The van der Waals surface area contributed by atoms with Gasteiger partial charge in [0.15, 0.2) is 6.61 Å². The highest BCUT2D eigenvalue weighted by Crippen LogP contribution is 2.17. The Morgan fingerprint density at radius 3 is 2.95 bits per heavy atom. The summed E-state index contributed by atoms with van der Waals surface area (Å²) in [6.07, 6.45) is 1.28. The summed E-state index contributed by atoms with van der Waals surface area (Å²) in [7, 11) is 0. The quantitative estimate of drug-likeness (QED) is 0.714. The predicted molar refractivity (Wildman–Crippen MR) is 78.6 cm³/mol. The third-order valence-corrected chi connectivity index (χ3v) is 2.55. The van der Waals surface area contributed by atoms with Crippen LogP contribution in [-0.4, -0.2) is 25.1 Å². The fourth-order valence-electron chi connectivity index (χ4n) is 1.64. The van der Waals surface area contributed by atoms with Crippen LogP contribution in [0.1, 0.15) is 26.7 Å². The van der Waals surface area contributed by atoms with Gasteiger partial charge >= 0.3 is 0 Å². The Balaban J connectivity index is 2.36. The number of carbonyl (C=O) groups is 1. The van der Waals surface area contributed by atoms with E-state index in [1.165, 1.54) is 0 Å². The van der Waals surface area contributed by atoms with Crippen LogP contribution in [0.5, 0.6) is 5.75 Å². The zero-order chi connectivity index (χ0) is 14.8. The van der Waals surface area contributed by atoms with Gasteiger partial charge in [-0.2, -0.15) is 5.26 Å². The normalized spacial score (nSPS) is 10.1. The molecule has 2 N–H and O–H groups in total. The molecule has 0 saturated heterocycles. The van der Waals surface area contributed by atoms with E-state index >= 15 is 0 Å². The summed E-state index contributed by atoms with van der Waals surface area (Å²) in [5, 5.41) is 14.5. The van der Waals surface area contributed by atoms with Gasteiger partial charge in [-0.15, -0.1) is 0 Å². The molecule has 0 atom stereocenters. The van der Waals surface area contributed by atoms with Crippen LogP contribution in [0.25, 0.3) is 0 Å². The lowest BCUT2D eigenvalue weighted by molar-refractivity contribution is -0.116. The van der Waals surface area contributed by atoms with Crippen molar-refractivity contribution < 1.29 is 9.53 Å². The molecule has 0 aliphatic heterocycles. The van der Waals surface area contributed by atoms with Crippen molar-refractivity contribution in [2.75, 3.05) is 18.5 Å². The summed E-state index contributed by atoms with van der Waals surface area (Å²) < 4.78 is 5.18. The van der Waals surface area contributed by atoms with Crippen LogP contribution in [0.2, 0.25) is 0 Å². The van der Waals surface area contributed by atoms with Gasteiger partial charge in [0.25, 0.3) is 0 Å². The maximum Gasteiger partial charge on any atom is 0.224 e. The molecule has 1 rings (SSSR count). The number of benzene rings is 1. The summed E-state index contributed by atoms with van der Waals surface area (Å²) in [4.78, 5) is 11.8. The molecule has 0 fully saturated rings. The summed E-state index contributed by atoms with van der Waals surface area (Å²) >= 11 is 0. The smallest absolute Gasteiger partial charge is 0.224 e. The molecule has 0 spiro atoms. The van der Waals surface area contributed by atoms with Crippen LogP contribution in [-0.2, 0) is 4.79 Å². The van der Waals surface area contributed by atoms with E-state index < -0.39 is 0 Å². The van der Waals surface area contributed by atoms with Crippen LogP contribution < -0.4 is 15.4 Å². The summed E-state index contributed by atoms with van der Waals surface area (Å²) in [5.74, 6) is 0.554. The molecule has 0 aromatic heterocycles. The molecule has 0 saturated carbocycles. The van der Waals surface area contributed by atoms with E-state index in [1.807, 2.05) is 6.07 Å². The van der Waals surface area contributed by atoms with Gasteiger partial charge in [0.2, 0.25) is 5.91 Å². The molecule has 1 aromatic rings. The molecule has 0 aliphatic carbocycles. The first-order valence-electron chi connectivity index (χ1n) is 6.75. The molecule has 1 amide bonds. The van der Waals surface area contributed by atoms with Crippen molar-refractivity contribution in [1.82, 2.24) is 5.32 Å². The van der Waals surface area contributed by atoms with Gasteiger partial charge in [0.1, 0.15) is 11.8 Å². The van der Waals surface area contributed by atoms with E-state index in [0.717, 1.165) is 13.0 Å². The Bertz CT molecular complexity index is 466. The first kappa shape index (κ1) is 16.0. The highest BCUT2D eigenvalue weighted by Gasteiger charge is 2.03. The number of hydrogen-bond donors (Lipinski definition) is 2. The zero-order valence-electron chi connectivity index (χ0n) is 12.0. The fraction of sp³-hybridized carbons (Fsp3) is 0.467. The van der Waals surface area contributed by atoms with Gasteiger partial charge in [-0.3, -0.25) is 4.79 Å². The Morgan fingerprint density at radius 2 is 2.25 bits per heavy atom. The largest absolute Gasteiger partial charge is 0.479 e. The van der Waals surface area contributed by atoms with E-state index in [4.69, 9.17) is 10.00 Å². The Morgan fingerprint density at radius 1 is 1.45 bits per heavy atom. The lowest BCUT2D eigenvalue weighted by atomic mass is 10.2. The van der Waals surface area contributed by atoms with Crippen molar-refractivity contribution in [1.29, 1.82) is 5.26 Å². The van der Waals surface area contributed by atoms with E-state index in [9.17, 15) is 4.79 Å². The Labute approximate surface area is 119 Å². The van der Waals surface area contributed by atoms with Crippen molar-refractivity contribution in [3.63, 3.8) is 0 Å². The molecule has 108 valence electrons. The summed E-state index contributed by atoms with van der Waals surface area (Å²) in [5.41, 5.74) is 0.683. The SMILES string of the molecule is CC(C)NCCCC(=O)Nc1cccc(OCC#N)c1. The zero-order valence-corrected chi connectivity index (χ0v) is 12.0. The maximum absolute atomic E-state index is 11.8. The van der Waals surface area contributed by atoms with Crippen molar-refractivity contribution in [2.24, 2.45) is 0 Å². The second-order valence-corrected chi connectivity index (χ2v) is 4.74. The molecule has 5 heteroatoms. The van der Waals surface area contributed by atoms with Crippen LogP contribution in [0, 0.1) is 11.3 Å². The third kappa shape index (κ3) is 6.76. The minimum absolute atomic E-state index is 0.00171. The number of carbonyl (C=O) groups excluding carboxylic acids is 1. The predicted octanol–water partition coefficient (Wildman–Crippen LogP) is 2.31. The lowest BCUT2D eigenvalue weighted by Crippen LogP contribution is -2.24. The maximum atomic E-state index is 11.8. The standard InChI is InChI=1S/C15H21N3O2/c1-12(2)17-9-4-7-15(19)18-13-5-3-6-14(11-13)20-10-8-16/h3,5-6,11-12,17H,4,7,9-10H2,1-2H3,(H,18,19). The number of nitrogens with zero attached hydrogens (tertiary/aromatic N) is 1. The Kier molecular flexibility index (Phi) is 7.15. The lowest BCUT2D eigenvalue weighted by Gasteiger charge is -2.09. The monoisotopic (exact) mass is 275 g/mol. The van der Waals surface area contributed by atoms with Crippen molar-refractivity contribution >= 4 is 11.6 Å². The van der Waals surface area contributed by atoms with Crippen LogP contribution in [0.3, 0.4) is 0 Å². The molecule has 0 unspecified atom stereocenters. The van der Waals surface area contributed by atoms with Gasteiger partial charge in [0.05, 0.1) is 0 Å². The molecule has 1 aromatic carbocycles. The molecule has 0 radical (unpaired) electrons. The van der Waals surface area contributed by atoms with Gasteiger partial charge in [0, 0.05) is 24.2 Å². The van der Waals surface area contributed by atoms with E-state index in [-0.39, 0.29) is 12.5 Å². The highest BCUT2D eigenvalue weighted by molar-refractivity contribution is 5.90. The Hall–Kier alpha value is -2.06. The van der Waals surface area contributed by atoms with Crippen LogP contribution in [0.15, 0.2) is 24.3 Å². The van der Waals surface area contributed by atoms with Crippen LogP contribution in [0.4, 0.5) is 5.69 Å². The highest BCUT2D eigenvalue weighted by atomic mass is 16.5. The molecular weight excluding hydrogens is 254 g/mol. The summed E-state index contributed by atoms with van der Waals surface area (Å²) in [6.45, 7) is 4.98. The van der Waals surface area contributed by atoms with Gasteiger partial charge in [-0.05, 0) is 25.1 Å². The van der Waals surface area contributed by atoms with E-state index in [2.05, 4.69) is 24.5 Å². The van der Waals surface area contributed by atoms with Crippen molar-refractivity contribution in [2.45, 2.75) is 32.7 Å². The molecular formula is C15H21N3O2. The third-order valence-electron chi connectivity index (χ3n) is 2.55. The minimum Gasteiger partial charge on any atom is -0.479 e.